The molecule has 0 atom stereocenters. The zero-order valence-corrected chi connectivity index (χ0v) is 20.1. The van der Waals surface area contributed by atoms with Gasteiger partial charge in [0.15, 0.2) is 5.69 Å². The van der Waals surface area contributed by atoms with E-state index < -0.39 is 17.7 Å². The molecular weight excluding hydrogens is 471 g/mol. The zero-order chi connectivity index (χ0) is 25.8. The van der Waals surface area contributed by atoms with Crippen LogP contribution in [0, 0.1) is 11.3 Å². The van der Waals surface area contributed by atoms with Crippen LogP contribution in [0.15, 0.2) is 42.5 Å². The Kier molecular flexibility index (Phi) is 5.84. The number of hydrogen-bond acceptors (Lipinski definition) is 3. The summed E-state index contributed by atoms with van der Waals surface area (Å²) < 4.78 is 40.7. The number of fused-ring (bicyclic) bond motifs is 1. The maximum absolute atomic E-state index is 13.3. The van der Waals surface area contributed by atoms with E-state index in [1.807, 2.05) is 32.0 Å². The van der Waals surface area contributed by atoms with Gasteiger partial charge < -0.3 is 10.4 Å². The number of aromatic nitrogens is 2. The summed E-state index contributed by atoms with van der Waals surface area (Å²) >= 11 is 0. The van der Waals surface area contributed by atoms with Gasteiger partial charge in [-0.3, -0.25) is 14.3 Å². The van der Waals surface area contributed by atoms with Crippen LogP contribution in [0.25, 0.3) is 10.9 Å². The molecule has 1 spiro atoms. The predicted octanol–water partition coefficient (Wildman–Crippen LogP) is 5.60. The van der Waals surface area contributed by atoms with Crippen molar-refractivity contribution in [1.82, 2.24) is 15.1 Å². The molecule has 2 aromatic carbocycles. The standard InChI is InChI=1S/C27H28F3N3O3/c1-15(2)33-21-5-3-4-17(10-16-6-8-19(9-7-16)27(28,29)30)22(21)23(32-33)24(34)31-20-13-26(14-20)11-18(12-26)25(35)36/h3-9,15,18,20H,10-14H2,1-2H3,(H,31,34)(H,35,36)/t18-,20-,26?. The number of carboxylic acids is 1. The largest absolute Gasteiger partial charge is 0.481 e. The summed E-state index contributed by atoms with van der Waals surface area (Å²) in [4.78, 5) is 24.5. The Morgan fingerprint density at radius 1 is 1.11 bits per heavy atom. The van der Waals surface area contributed by atoms with Crippen molar-refractivity contribution in [3.63, 3.8) is 0 Å². The van der Waals surface area contributed by atoms with Gasteiger partial charge in [0.2, 0.25) is 0 Å². The molecule has 2 fully saturated rings. The van der Waals surface area contributed by atoms with Crippen molar-refractivity contribution < 1.29 is 27.9 Å². The second-order valence-electron chi connectivity index (χ2n) is 10.6. The van der Waals surface area contributed by atoms with Gasteiger partial charge in [0.25, 0.3) is 5.91 Å². The summed E-state index contributed by atoms with van der Waals surface area (Å²) in [6.07, 6.45) is -1.17. The third-order valence-corrected chi connectivity index (χ3v) is 7.60. The van der Waals surface area contributed by atoms with Gasteiger partial charge in [-0.2, -0.15) is 18.3 Å². The first-order chi connectivity index (χ1) is 17.0. The number of aliphatic carboxylic acids is 1. The van der Waals surface area contributed by atoms with Crippen LogP contribution < -0.4 is 5.32 Å². The van der Waals surface area contributed by atoms with Crippen LogP contribution in [-0.4, -0.2) is 32.8 Å². The molecule has 2 aliphatic rings. The molecule has 1 aromatic heterocycles. The van der Waals surface area contributed by atoms with Gasteiger partial charge in [0.1, 0.15) is 0 Å². The van der Waals surface area contributed by atoms with Gasteiger partial charge in [-0.05, 0) is 80.7 Å². The first-order valence-electron chi connectivity index (χ1n) is 12.2. The Balaban J connectivity index is 1.39. The maximum atomic E-state index is 13.3. The van der Waals surface area contributed by atoms with Crippen LogP contribution in [0.5, 0.6) is 0 Å². The molecule has 36 heavy (non-hydrogen) atoms. The Morgan fingerprint density at radius 2 is 1.78 bits per heavy atom. The molecule has 0 radical (unpaired) electrons. The molecule has 2 aliphatic carbocycles. The molecule has 6 nitrogen and oxygen atoms in total. The first-order valence-corrected chi connectivity index (χ1v) is 12.2. The Bertz CT molecular complexity index is 1310. The lowest BCUT2D eigenvalue weighted by Gasteiger charge is -2.56. The Hall–Kier alpha value is -3.36. The van der Waals surface area contributed by atoms with Crippen molar-refractivity contribution in [3.8, 4) is 0 Å². The van der Waals surface area contributed by atoms with E-state index >= 15 is 0 Å². The minimum absolute atomic E-state index is 0.00488. The second-order valence-corrected chi connectivity index (χ2v) is 10.6. The van der Waals surface area contributed by atoms with E-state index in [4.69, 9.17) is 5.11 Å². The summed E-state index contributed by atoms with van der Waals surface area (Å²) in [5, 5.41) is 17.5. The van der Waals surface area contributed by atoms with Crippen LogP contribution >= 0.6 is 0 Å². The molecule has 1 heterocycles. The SMILES string of the molecule is CC(C)n1nc(C(=O)N[C@H]2CC3(C2)C[C@H](C(=O)O)C3)c2c(Cc3ccc(C(F)(F)F)cc3)cccc21. The summed E-state index contributed by atoms with van der Waals surface area (Å²) in [7, 11) is 0. The van der Waals surface area contributed by atoms with E-state index in [2.05, 4.69) is 10.4 Å². The molecule has 0 bridgehead atoms. The third-order valence-electron chi connectivity index (χ3n) is 7.60. The fourth-order valence-electron chi connectivity index (χ4n) is 5.83. The van der Waals surface area contributed by atoms with E-state index in [1.54, 1.807) is 4.68 Å². The minimum Gasteiger partial charge on any atom is -0.481 e. The molecule has 190 valence electrons. The molecule has 2 N–H and O–H groups in total. The molecule has 0 saturated heterocycles. The number of benzene rings is 2. The van der Waals surface area contributed by atoms with Crippen LogP contribution in [-0.2, 0) is 17.4 Å². The third kappa shape index (κ3) is 4.35. The van der Waals surface area contributed by atoms with Crippen molar-refractivity contribution in [3.05, 3.63) is 64.8 Å². The number of halogens is 3. The molecule has 9 heteroatoms. The molecule has 3 aromatic rings. The Labute approximate surface area is 206 Å². The molecule has 2 saturated carbocycles. The molecular formula is C27H28F3N3O3. The number of nitrogens with one attached hydrogen (secondary N) is 1. The quantitative estimate of drug-likeness (QED) is 0.463. The number of carbonyl (C=O) groups excluding carboxylic acids is 1. The first kappa shape index (κ1) is 24.3. The topological polar surface area (TPSA) is 84.2 Å². The maximum Gasteiger partial charge on any atom is 0.416 e. The molecule has 0 unspecified atom stereocenters. The highest BCUT2D eigenvalue weighted by molar-refractivity contribution is 6.06. The van der Waals surface area contributed by atoms with Crippen molar-refractivity contribution in [1.29, 1.82) is 0 Å². The zero-order valence-electron chi connectivity index (χ0n) is 20.1. The summed E-state index contributed by atoms with van der Waals surface area (Å²) in [5.74, 6) is -1.31. The average molecular weight is 500 g/mol. The minimum atomic E-state index is -4.39. The number of rotatable bonds is 6. The number of alkyl halides is 3. The fraction of sp³-hybridized carbons (Fsp3) is 0.444. The predicted molar refractivity (Wildman–Crippen MR) is 128 cm³/mol. The van der Waals surface area contributed by atoms with Gasteiger partial charge in [-0.15, -0.1) is 0 Å². The highest BCUT2D eigenvalue weighted by Gasteiger charge is 2.55. The Morgan fingerprint density at radius 3 is 2.36 bits per heavy atom. The average Bonchev–Trinajstić information content (AvgIpc) is 3.15. The van der Waals surface area contributed by atoms with E-state index in [0.717, 1.165) is 36.1 Å². The highest BCUT2D eigenvalue weighted by Crippen LogP contribution is 2.58. The smallest absolute Gasteiger partial charge is 0.416 e. The van der Waals surface area contributed by atoms with Crippen LogP contribution in [0.3, 0.4) is 0 Å². The van der Waals surface area contributed by atoms with Crippen molar-refractivity contribution in [2.24, 2.45) is 11.3 Å². The number of nitrogens with zero attached hydrogens (tertiary/aromatic N) is 2. The number of amides is 1. The van der Waals surface area contributed by atoms with Gasteiger partial charge in [-0.1, -0.05) is 24.3 Å². The lowest BCUT2D eigenvalue weighted by Crippen LogP contribution is -2.57. The molecule has 5 rings (SSSR count). The lowest BCUT2D eigenvalue weighted by molar-refractivity contribution is -0.155. The highest BCUT2D eigenvalue weighted by atomic mass is 19.4. The summed E-state index contributed by atoms with van der Waals surface area (Å²) in [6, 6.07) is 10.7. The van der Waals surface area contributed by atoms with Crippen molar-refractivity contribution in [2.75, 3.05) is 0 Å². The number of carbonyl (C=O) groups is 2. The fourth-order valence-corrected chi connectivity index (χ4v) is 5.83. The number of carboxylic acid groups (broad SMARTS) is 1. The van der Waals surface area contributed by atoms with E-state index in [1.165, 1.54) is 12.1 Å². The summed E-state index contributed by atoms with van der Waals surface area (Å²) in [5.41, 5.74) is 1.97. The van der Waals surface area contributed by atoms with Gasteiger partial charge in [-0.25, -0.2) is 0 Å². The van der Waals surface area contributed by atoms with Gasteiger partial charge >= 0.3 is 12.1 Å². The summed E-state index contributed by atoms with van der Waals surface area (Å²) in [6.45, 7) is 3.95. The molecule has 1 amide bonds. The molecule has 0 aliphatic heterocycles. The second kappa shape index (κ2) is 8.64. The van der Waals surface area contributed by atoms with E-state index in [0.29, 0.717) is 35.9 Å². The monoisotopic (exact) mass is 499 g/mol. The van der Waals surface area contributed by atoms with Crippen LogP contribution in [0.4, 0.5) is 13.2 Å². The number of hydrogen-bond donors (Lipinski definition) is 2. The van der Waals surface area contributed by atoms with Crippen LogP contribution in [0.1, 0.15) is 72.8 Å². The van der Waals surface area contributed by atoms with Gasteiger partial charge in [0, 0.05) is 17.5 Å². The normalized spacial score (nSPS) is 23.5. The van der Waals surface area contributed by atoms with Crippen molar-refractivity contribution in [2.45, 2.75) is 64.2 Å². The van der Waals surface area contributed by atoms with E-state index in [9.17, 15) is 22.8 Å². The van der Waals surface area contributed by atoms with E-state index in [-0.39, 0.29) is 29.3 Å². The van der Waals surface area contributed by atoms with Crippen LogP contribution in [0.2, 0.25) is 0 Å². The lowest BCUT2D eigenvalue weighted by atomic mass is 9.50. The van der Waals surface area contributed by atoms with Crippen molar-refractivity contribution >= 4 is 22.8 Å². The van der Waals surface area contributed by atoms with Gasteiger partial charge in [0.05, 0.1) is 17.0 Å².